The van der Waals surface area contributed by atoms with Crippen LogP contribution in [0.25, 0.3) is 0 Å². The molecule has 0 aliphatic heterocycles. The minimum absolute atomic E-state index is 0.117. The molecule has 1 N–H and O–H groups in total. The Morgan fingerprint density at radius 2 is 2.23 bits per heavy atom. The lowest BCUT2D eigenvalue weighted by Gasteiger charge is -2.06. The summed E-state index contributed by atoms with van der Waals surface area (Å²) in [5.41, 5.74) is 0. The van der Waals surface area contributed by atoms with Crippen molar-refractivity contribution < 1.29 is 8.42 Å². The van der Waals surface area contributed by atoms with E-state index >= 15 is 0 Å². The van der Waals surface area contributed by atoms with Crippen LogP contribution < -0.4 is 4.72 Å². The van der Waals surface area contributed by atoms with Crippen molar-refractivity contribution in [2.75, 3.05) is 24.3 Å². The average Bonchev–Trinajstić information content (AvgIpc) is 2.11. The van der Waals surface area contributed by atoms with Crippen LogP contribution in [0.5, 0.6) is 0 Å². The summed E-state index contributed by atoms with van der Waals surface area (Å²) in [5.74, 6) is 0.423. The van der Waals surface area contributed by atoms with Crippen LogP contribution in [-0.2, 0) is 10.0 Å². The van der Waals surface area contributed by atoms with Gasteiger partial charge >= 0.3 is 0 Å². The Balaban J connectivity index is 3.84. The summed E-state index contributed by atoms with van der Waals surface area (Å²) in [7, 11) is -3.17. The highest BCUT2D eigenvalue weighted by Gasteiger charge is 2.10. The van der Waals surface area contributed by atoms with E-state index in [4.69, 9.17) is 5.26 Å². The number of nitrogens with zero attached hydrogens (tertiary/aromatic N) is 1. The van der Waals surface area contributed by atoms with E-state index in [2.05, 4.69) is 4.72 Å². The lowest BCUT2D eigenvalue weighted by atomic mass is 10.2. The molecule has 0 aromatic carbocycles. The van der Waals surface area contributed by atoms with Crippen LogP contribution in [0, 0.1) is 17.2 Å². The van der Waals surface area contributed by atoms with E-state index in [1.165, 1.54) is 11.8 Å². The number of rotatable bonds is 6. The van der Waals surface area contributed by atoms with Gasteiger partial charge in [0, 0.05) is 12.3 Å². The molecule has 0 saturated carbocycles. The zero-order chi connectivity index (χ0) is 10.3. The van der Waals surface area contributed by atoms with Crippen molar-refractivity contribution in [3.05, 3.63) is 0 Å². The molecular weight excluding hydrogens is 208 g/mol. The smallest absolute Gasteiger partial charge is 0.212 e. The largest absolute Gasteiger partial charge is 0.214 e. The number of sulfonamides is 1. The monoisotopic (exact) mass is 222 g/mol. The van der Waals surface area contributed by atoms with Crippen LogP contribution in [-0.4, -0.2) is 32.7 Å². The molecular formula is C7H14N2O2S2. The van der Waals surface area contributed by atoms with Crippen LogP contribution in [0.15, 0.2) is 0 Å². The van der Waals surface area contributed by atoms with Crippen LogP contribution >= 0.6 is 11.8 Å². The third-order valence-electron chi connectivity index (χ3n) is 1.39. The molecule has 0 aromatic rings. The molecule has 0 saturated heterocycles. The first kappa shape index (κ1) is 12.8. The minimum atomic E-state index is -3.17. The van der Waals surface area contributed by atoms with Gasteiger partial charge < -0.3 is 0 Å². The Hall–Kier alpha value is -0.250. The van der Waals surface area contributed by atoms with E-state index in [-0.39, 0.29) is 18.2 Å². The molecule has 1 atom stereocenters. The van der Waals surface area contributed by atoms with Crippen molar-refractivity contribution >= 4 is 21.8 Å². The number of hydrogen-bond acceptors (Lipinski definition) is 4. The molecule has 6 heteroatoms. The van der Waals surface area contributed by atoms with E-state index in [0.717, 1.165) is 0 Å². The first-order valence-electron chi connectivity index (χ1n) is 3.87. The summed E-state index contributed by atoms with van der Waals surface area (Å²) in [5, 5.41) is 8.42. The fourth-order valence-electron chi connectivity index (χ4n) is 0.563. The number of nitriles is 1. The van der Waals surface area contributed by atoms with Gasteiger partial charge in [0.2, 0.25) is 10.0 Å². The zero-order valence-electron chi connectivity index (χ0n) is 7.78. The lowest BCUT2D eigenvalue weighted by Crippen LogP contribution is -2.30. The van der Waals surface area contributed by atoms with E-state index in [1.54, 1.807) is 6.92 Å². The summed E-state index contributed by atoms with van der Waals surface area (Å²) >= 11 is 1.48. The fraction of sp³-hybridized carbons (Fsp3) is 0.857. The molecule has 0 heterocycles. The van der Waals surface area contributed by atoms with Crippen LogP contribution in [0.1, 0.15) is 6.92 Å². The molecule has 1 unspecified atom stereocenters. The molecule has 0 fully saturated rings. The molecule has 76 valence electrons. The highest BCUT2D eigenvalue weighted by Crippen LogP contribution is 1.96. The average molecular weight is 222 g/mol. The van der Waals surface area contributed by atoms with E-state index in [1.807, 2.05) is 12.3 Å². The van der Waals surface area contributed by atoms with E-state index in [9.17, 15) is 8.42 Å². The summed E-state index contributed by atoms with van der Waals surface area (Å²) in [6.45, 7) is 1.88. The molecule has 0 aliphatic carbocycles. The van der Waals surface area contributed by atoms with Crippen molar-refractivity contribution in [1.29, 1.82) is 5.26 Å². The van der Waals surface area contributed by atoms with Gasteiger partial charge in [0.15, 0.2) is 0 Å². The molecule has 0 rings (SSSR count). The predicted molar refractivity (Wildman–Crippen MR) is 54.9 cm³/mol. The maximum Gasteiger partial charge on any atom is 0.212 e. The maximum absolute atomic E-state index is 11.2. The SMILES string of the molecule is CSCCS(=O)(=O)NCC(C)C#N. The molecule has 0 aliphatic rings. The minimum Gasteiger partial charge on any atom is -0.214 e. The van der Waals surface area contributed by atoms with Gasteiger partial charge in [-0.05, 0) is 13.2 Å². The van der Waals surface area contributed by atoms with Crippen LogP contribution in [0.2, 0.25) is 0 Å². The second-order valence-corrected chi connectivity index (χ2v) is 5.60. The third-order valence-corrected chi connectivity index (χ3v) is 3.60. The second-order valence-electron chi connectivity index (χ2n) is 2.69. The number of hydrogen-bond donors (Lipinski definition) is 1. The summed E-state index contributed by atoms with van der Waals surface area (Å²) in [6, 6.07) is 1.96. The Labute approximate surface area is 83.8 Å². The van der Waals surface area contributed by atoms with Gasteiger partial charge in [-0.1, -0.05) is 0 Å². The van der Waals surface area contributed by atoms with Crippen molar-refractivity contribution in [2.24, 2.45) is 5.92 Å². The van der Waals surface area contributed by atoms with E-state index < -0.39 is 10.0 Å². The molecule has 0 bridgehead atoms. The van der Waals surface area contributed by atoms with Gasteiger partial charge in [-0.2, -0.15) is 17.0 Å². The van der Waals surface area contributed by atoms with Crippen molar-refractivity contribution in [3.8, 4) is 6.07 Å². The lowest BCUT2D eigenvalue weighted by molar-refractivity contribution is 0.574. The molecule has 0 aromatic heterocycles. The molecule has 0 spiro atoms. The summed E-state index contributed by atoms with van der Waals surface area (Å²) in [6.07, 6.45) is 1.85. The molecule has 0 radical (unpaired) electrons. The van der Waals surface area contributed by atoms with Crippen LogP contribution in [0.4, 0.5) is 0 Å². The van der Waals surface area contributed by atoms with Gasteiger partial charge in [0.25, 0.3) is 0 Å². The van der Waals surface area contributed by atoms with E-state index in [0.29, 0.717) is 5.75 Å². The van der Waals surface area contributed by atoms with Gasteiger partial charge in [0.1, 0.15) is 0 Å². The first-order chi connectivity index (χ1) is 6.02. The molecule has 13 heavy (non-hydrogen) atoms. The van der Waals surface area contributed by atoms with Gasteiger partial charge in [-0.25, -0.2) is 13.1 Å². The van der Waals surface area contributed by atoms with Gasteiger partial charge in [-0.3, -0.25) is 0 Å². The fourth-order valence-corrected chi connectivity index (χ4v) is 2.76. The molecule has 0 amide bonds. The van der Waals surface area contributed by atoms with Crippen LogP contribution in [0.3, 0.4) is 0 Å². The summed E-state index contributed by atoms with van der Waals surface area (Å²) < 4.78 is 24.7. The highest BCUT2D eigenvalue weighted by molar-refractivity contribution is 7.99. The Bertz CT molecular complexity index is 269. The molecule has 4 nitrogen and oxygen atoms in total. The van der Waals surface area contributed by atoms with Crippen molar-refractivity contribution in [3.63, 3.8) is 0 Å². The highest BCUT2D eigenvalue weighted by atomic mass is 32.2. The predicted octanol–water partition coefficient (Wildman–Crippen LogP) is 0.428. The topological polar surface area (TPSA) is 70.0 Å². The Morgan fingerprint density at radius 3 is 2.69 bits per heavy atom. The Kier molecular flexibility index (Phi) is 6.12. The summed E-state index contributed by atoms with van der Waals surface area (Å²) in [4.78, 5) is 0. The maximum atomic E-state index is 11.2. The third kappa shape index (κ3) is 6.87. The Morgan fingerprint density at radius 1 is 1.62 bits per heavy atom. The zero-order valence-corrected chi connectivity index (χ0v) is 9.41. The number of thioether (sulfide) groups is 1. The normalized spacial score (nSPS) is 13.6. The quantitative estimate of drug-likeness (QED) is 0.707. The standard InChI is InChI=1S/C7H14N2O2S2/c1-7(5-8)6-9-13(10,11)4-3-12-2/h7,9H,3-4,6H2,1-2H3. The van der Waals surface area contributed by atoms with Crippen molar-refractivity contribution in [1.82, 2.24) is 4.72 Å². The number of nitrogens with one attached hydrogen (secondary N) is 1. The van der Waals surface area contributed by atoms with Gasteiger partial charge in [-0.15, -0.1) is 0 Å². The van der Waals surface area contributed by atoms with Crippen molar-refractivity contribution in [2.45, 2.75) is 6.92 Å². The second kappa shape index (κ2) is 6.24. The van der Waals surface area contributed by atoms with Gasteiger partial charge in [0.05, 0.1) is 17.7 Å². The first-order valence-corrected chi connectivity index (χ1v) is 6.92.